The Morgan fingerprint density at radius 2 is 2.00 bits per heavy atom. The van der Waals surface area contributed by atoms with Crippen molar-refractivity contribution in [2.24, 2.45) is 0 Å². The summed E-state index contributed by atoms with van der Waals surface area (Å²) in [6.07, 6.45) is 1.04. The van der Waals surface area contributed by atoms with Gasteiger partial charge in [0.25, 0.3) is 5.91 Å². The molecule has 1 aromatic heterocycles. The molecule has 8 nitrogen and oxygen atoms in total. The SMILES string of the molecule is C[C@H](OC(=O)c1cc(C2CC2)nn1-c1ccccc1)C(=O)N1CCNC1=O. The molecule has 0 spiro atoms. The van der Waals surface area contributed by atoms with E-state index in [1.807, 2.05) is 30.3 Å². The number of carbonyl (C=O) groups is 3. The van der Waals surface area contributed by atoms with Crippen molar-refractivity contribution in [1.29, 1.82) is 0 Å². The summed E-state index contributed by atoms with van der Waals surface area (Å²) in [6.45, 7) is 2.14. The maximum absolute atomic E-state index is 12.8. The van der Waals surface area contributed by atoms with E-state index < -0.39 is 24.0 Å². The standard InChI is InChI=1S/C19H20N4O4/c1-12(17(24)22-10-9-20-19(22)26)27-18(25)16-11-15(13-7-8-13)21-23(16)14-5-3-2-4-6-14/h2-6,11-13H,7-10H2,1H3,(H,20,26)/t12-/m0/s1. The number of imide groups is 1. The highest BCUT2D eigenvalue weighted by molar-refractivity contribution is 5.99. The molecule has 27 heavy (non-hydrogen) atoms. The number of amides is 3. The number of ether oxygens (including phenoxy) is 1. The summed E-state index contributed by atoms with van der Waals surface area (Å²) >= 11 is 0. The largest absolute Gasteiger partial charge is 0.448 e. The predicted molar refractivity (Wildman–Crippen MR) is 95.5 cm³/mol. The Hall–Kier alpha value is -3.16. The van der Waals surface area contributed by atoms with Gasteiger partial charge in [0.15, 0.2) is 11.8 Å². The van der Waals surface area contributed by atoms with Crippen molar-refractivity contribution in [3.8, 4) is 5.69 Å². The molecule has 1 N–H and O–H groups in total. The van der Waals surface area contributed by atoms with Crippen LogP contribution in [0.5, 0.6) is 0 Å². The Morgan fingerprint density at radius 1 is 1.26 bits per heavy atom. The number of nitrogens with zero attached hydrogens (tertiary/aromatic N) is 3. The quantitative estimate of drug-likeness (QED) is 0.813. The number of rotatable bonds is 5. The van der Waals surface area contributed by atoms with Gasteiger partial charge in [0.1, 0.15) is 0 Å². The average Bonchev–Trinajstić information content (AvgIpc) is 3.28. The average molecular weight is 368 g/mol. The molecule has 2 aromatic rings. The summed E-state index contributed by atoms with van der Waals surface area (Å²) in [4.78, 5) is 37.8. The molecule has 0 radical (unpaired) electrons. The van der Waals surface area contributed by atoms with E-state index in [1.165, 1.54) is 6.92 Å². The van der Waals surface area contributed by atoms with E-state index in [-0.39, 0.29) is 12.2 Å². The molecule has 2 heterocycles. The lowest BCUT2D eigenvalue weighted by Crippen LogP contribution is -2.42. The first-order valence-electron chi connectivity index (χ1n) is 9.00. The van der Waals surface area contributed by atoms with E-state index in [1.54, 1.807) is 10.7 Å². The highest BCUT2D eigenvalue weighted by Gasteiger charge is 2.33. The number of esters is 1. The Bertz CT molecular complexity index is 888. The third-order valence-electron chi connectivity index (χ3n) is 4.69. The monoisotopic (exact) mass is 368 g/mol. The Balaban J connectivity index is 1.56. The molecular formula is C19H20N4O4. The second-order valence-electron chi connectivity index (χ2n) is 6.75. The van der Waals surface area contributed by atoms with Crippen LogP contribution in [-0.2, 0) is 9.53 Å². The van der Waals surface area contributed by atoms with Gasteiger partial charge in [0.2, 0.25) is 0 Å². The van der Waals surface area contributed by atoms with Crippen molar-refractivity contribution in [3.05, 3.63) is 47.8 Å². The van der Waals surface area contributed by atoms with Gasteiger partial charge in [-0.05, 0) is 38.0 Å². The van der Waals surface area contributed by atoms with Crippen LogP contribution in [0, 0.1) is 0 Å². The maximum Gasteiger partial charge on any atom is 0.357 e. The zero-order valence-electron chi connectivity index (χ0n) is 14.9. The highest BCUT2D eigenvalue weighted by atomic mass is 16.5. The molecular weight excluding hydrogens is 348 g/mol. The number of nitrogens with one attached hydrogen (secondary N) is 1. The van der Waals surface area contributed by atoms with Gasteiger partial charge in [-0.3, -0.25) is 9.69 Å². The number of hydrogen-bond acceptors (Lipinski definition) is 5. The smallest absolute Gasteiger partial charge is 0.357 e. The van der Waals surface area contributed by atoms with E-state index in [4.69, 9.17) is 4.74 Å². The number of urea groups is 1. The summed E-state index contributed by atoms with van der Waals surface area (Å²) in [6, 6.07) is 10.6. The van der Waals surface area contributed by atoms with Gasteiger partial charge in [-0.2, -0.15) is 5.10 Å². The van der Waals surface area contributed by atoms with E-state index in [2.05, 4.69) is 10.4 Å². The normalized spacial score (nSPS) is 17.5. The predicted octanol–water partition coefficient (Wildman–Crippen LogP) is 1.85. The molecule has 0 bridgehead atoms. The van der Waals surface area contributed by atoms with E-state index in [0.29, 0.717) is 12.5 Å². The molecule has 2 fully saturated rings. The number of aromatic nitrogens is 2. The lowest BCUT2D eigenvalue weighted by molar-refractivity contribution is -0.136. The van der Waals surface area contributed by atoms with Crippen molar-refractivity contribution < 1.29 is 19.1 Å². The molecule has 3 amide bonds. The van der Waals surface area contributed by atoms with Gasteiger partial charge in [-0.25, -0.2) is 14.3 Å². The zero-order valence-corrected chi connectivity index (χ0v) is 14.9. The van der Waals surface area contributed by atoms with Gasteiger partial charge < -0.3 is 10.1 Å². The first-order chi connectivity index (χ1) is 13.0. The first kappa shape index (κ1) is 17.3. The fourth-order valence-corrected chi connectivity index (χ4v) is 3.06. The fourth-order valence-electron chi connectivity index (χ4n) is 3.06. The van der Waals surface area contributed by atoms with Crippen LogP contribution in [0.15, 0.2) is 36.4 Å². The minimum Gasteiger partial charge on any atom is -0.448 e. The summed E-state index contributed by atoms with van der Waals surface area (Å²) < 4.78 is 6.91. The van der Waals surface area contributed by atoms with Crippen LogP contribution in [0.3, 0.4) is 0 Å². The molecule has 2 aliphatic rings. The molecule has 1 saturated carbocycles. The summed E-state index contributed by atoms with van der Waals surface area (Å²) in [5.74, 6) is -0.806. The van der Waals surface area contributed by atoms with Crippen molar-refractivity contribution in [2.75, 3.05) is 13.1 Å². The van der Waals surface area contributed by atoms with Crippen LogP contribution in [0.25, 0.3) is 5.69 Å². The van der Waals surface area contributed by atoms with Crippen LogP contribution >= 0.6 is 0 Å². The van der Waals surface area contributed by atoms with Crippen molar-refractivity contribution in [3.63, 3.8) is 0 Å². The zero-order chi connectivity index (χ0) is 19.0. The number of carbonyl (C=O) groups excluding carboxylic acids is 3. The molecule has 1 saturated heterocycles. The number of hydrogen-bond donors (Lipinski definition) is 1. The van der Waals surface area contributed by atoms with E-state index >= 15 is 0 Å². The van der Waals surface area contributed by atoms with Crippen LogP contribution < -0.4 is 5.32 Å². The minimum absolute atomic E-state index is 0.271. The Kier molecular flexibility index (Phi) is 4.39. The van der Waals surface area contributed by atoms with Gasteiger partial charge in [-0.1, -0.05) is 18.2 Å². The highest BCUT2D eigenvalue weighted by Crippen LogP contribution is 2.39. The summed E-state index contributed by atoms with van der Waals surface area (Å²) in [5, 5.41) is 7.12. The molecule has 8 heteroatoms. The fraction of sp³-hybridized carbons (Fsp3) is 0.368. The van der Waals surface area contributed by atoms with Crippen LogP contribution in [0.2, 0.25) is 0 Å². The van der Waals surface area contributed by atoms with Gasteiger partial charge in [-0.15, -0.1) is 0 Å². The number of benzene rings is 1. The van der Waals surface area contributed by atoms with Crippen molar-refractivity contribution in [2.45, 2.75) is 31.8 Å². The third-order valence-corrected chi connectivity index (χ3v) is 4.69. The summed E-state index contributed by atoms with van der Waals surface area (Å²) in [7, 11) is 0. The minimum atomic E-state index is -1.06. The van der Waals surface area contributed by atoms with Crippen LogP contribution in [-0.4, -0.2) is 51.8 Å². The molecule has 0 unspecified atom stereocenters. The lowest BCUT2D eigenvalue weighted by Gasteiger charge is -2.18. The Morgan fingerprint density at radius 3 is 2.63 bits per heavy atom. The third kappa shape index (κ3) is 3.42. The maximum atomic E-state index is 12.8. The van der Waals surface area contributed by atoms with E-state index in [9.17, 15) is 14.4 Å². The molecule has 1 aliphatic carbocycles. The van der Waals surface area contributed by atoms with Gasteiger partial charge >= 0.3 is 12.0 Å². The van der Waals surface area contributed by atoms with Gasteiger partial charge in [0.05, 0.1) is 11.4 Å². The van der Waals surface area contributed by atoms with Crippen LogP contribution in [0.4, 0.5) is 4.79 Å². The second kappa shape index (κ2) is 6.86. The number of para-hydroxylation sites is 1. The topological polar surface area (TPSA) is 93.5 Å². The lowest BCUT2D eigenvalue weighted by atomic mass is 10.2. The first-order valence-corrected chi connectivity index (χ1v) is 9.00. The second-order valence-corrected chi connectivity index (χ2v) is 6.75. The van der Waals surface area contributed by atoms with Crippen molar-refractivity contribution >= 4 is 17.9 Å². The van der Waals surface area contributed by atoms with Crippen molar-refractivity contribution in [1.82, 2.24) is 20.0 Å². The van der Waals surface area contributed by atoms with Gasteiger partial charge in [0, 0.05) is 19.0 Å². The summed E-state index contributed by atoms with van der Waals surface area (Å²) in [5.41, 5.74) is 1.87. The molecule has 1 atom stereocenters. The van der Waals surface area contributed by atoms with Crippen LogP contribution in [0.1, 0.15) is 41.9 Å². The molecule has 140 valence electrons. The Labute approximate surface area is 156 Å². The molecule has 4 rings (SSSR count). The molecule has 1 aliphatic heterocycles. The molecule has 1 aromatic carbocycles. The van der Waals surface area contributed by atoms with E-state index in [0.717, 1.165) is 29.1 Å².